The quantitative estimate of drug-likeness (QED) is 0.552. The lowest BCUT2D eigenvalue weighted by Gasteiger charge is -2.22. The van der Waals surface area contributed by atoms with Crippen molar-refractivity contribution in [2.24, 2.45) is 0 Å². The monoisotopic (exact) mass is 409 g/mol. The van der Waals surface area contributed by atoms with Gasteiger partial charge in [0.15, 0.2) is 6.10 Å². The molecule has 3 rings (SSSR count). The lowest BCUT2D eigenvalue weighted by Crippen LogP contribution is -2.37. The number of nitrogens with zero attached hydrogens (tertiary/aromatic N) is 3. The van der Waals surface area contributed by atoms with Crippen molar-refractivity contribution in [3.63, 3.8) is 0 Å². The summed E-state index contributed by atoms with van der Waals surface area (Å²) >= 11 is 0. The Kier molecular flexibility index (Phi) is 6.72. The molecule has 1 heterocycles. The Hall–Kier alpha value is -3.35. The van der Waals surface area contributed by atoms with Gasteiger partial charge in [-0.1, -0.05) is 49.3 Å². The molecule has 0 N–H and O–H groups in total. The van der Waals surface area contributed by atoms with Crippen LogP contribution < -0.4 is 9.47 Å². The summed E-state index contributed by atoms with van der Waals surface area (Å²) in [6.07, 6.45) is -0.643. The van der Waals surface area contributed by atoms with Gasteiger partial charge in [0.25, 0.3) is 5.91 Å². The van der Waals surface area contributed by atoms with Crippen LogP contribution >= 0.6 is 0 Å². The van der Waals surface area contributed by atoms with Crippen LogP contribution in [-0.2, 0) is 11.3 Å². The van der Waals surface area contributed by atoms with Crippen LogP contribution in [-0.4, -0.2) is 41.2 Å². The van der Waals surface area contributed by atoms with Crippen LogP contribution in [0.1, 0.15) is 38.1 Å². The van der Waals surface area contributed by atoms with Gasteiger partial charge in [0.2, 0.25) is 11.7 Å². The Labute approximate surface area is 176 Å². The second-order valence-corrected chi connectivity index (χ2v) is 7.39. The molecule has 1 amide bonds. The van der Waals surface area contributed by atoms with Crippen LogP contribution in [0.4, 0.5) is 0 Å². The third-order valence-corrected chi connectivity index (χ3v) is 4.74. The number of likely N-dealkylation sites (N-methyl/N-ethyl adjacent to an activating group) is 1. The first kappa shape index (κ1) is 21.4. The maximum absolute atomic E-state index is 12.8. The number of amides is 1. The molecule has 0 aliphatic heterocycles. The minimum atomic E-state index is -0.643. The minimum absolute atomic E-state index is 0.172. The zero-order chi connectivity index (χ0) is 21.7. The normalized spacial score (nSPS) is 11.9. The number of hydrogen-bond acceptors (Lipinski definition) is 6. The number of carbonyl (C=O) groups is 1. The molecule has 0 unspecified atom stereocenters. The van der Waals surface area contributed by atoms with Crippen molar-refractivity contribution >= 4 is 5.91 Å². The fraction of sp³-hybridized carbons (Fsp3) is 0.348. The predicted octanol–water partition coefficient (Wildman–Crippen LogP) is 4.29. The highest BCUT2D eigenvalue weighted by molar-refractivity contribution is 5.80. The molecular weight excluding hydrogens is 382 g/mol. The summed E-state index contributed by atoms with van der Waals surface area (Å²) in [7, 11) is 3.29. The van der Waals surface area contributed by atoms with Gasteiger partial charge in [0.1, 0.15) is 11.5 Å². The lowest BCUT2D eigenvalue weighted by atomic mass is 10.0. The van der Waals surface area contributed by atoms with Crippen molar-refractivity contribution in [1.82, 2.24) is 15.0 Å². The summed E-state index contributed by atoms with van der Waals surface area (Å²) in [5, 5.41) is 4.01. The second-order valence-electron chi connectivity index (χ2n) is 7.39. The van der Waals surface area contributed by atoms with E-state index in [-0.39, 0.29) is 12.5 Å². The first-order valence-electron chi connectivity index (χ1n) is 9.86. The number of benzene rings is 2. The van der Waals surface area contributed by atoms with Crippen molar-refractivity contribution < 1.29 is 18.8 Å². The third kappa shape index (κ3) is 4.97. The van der Waals surface area contributed by atoms with E-state index in [2.05, 4.69) is 24.0 Å². The van der Waals surface area contributed by atoms with E-state index < -0.39 is 6.10 Å². The van der Waals surface area contributed by atoms with Gasteiger partial charge in [-0.25, -0.2) is 0 Å². The summed E-state index contributed by atoms with van der Waals surface area (Å²) in [5.74, 6) is 2.35. The van der Waals surface area contributed by atoms with Crippen molar-refractivity contribution in [3.8, 4) is 22.9 Å². The molecule has 0 saturated heterocycles. The van der Waals surface area contributed by atoms with Crippen LogP contribution in [0.15, 0.2) is 53.1 Å². The third-order valence-electron chi connectivity index (χ3n) is 4.74. The molecule has 0 aliphatic rings. The SMILES string of the molecule is COc1cccc(-c2noc(CN(C)C(=O)[C@@H](C)Oc3ccccc3C(C)C)n2)c1. The van der Waals surface area contributed by atoms with E-state index in [1.807, 2.05) is 48.5 Å². The molecule has 1 aromatic heterocycles. The standard InChI is InChI=1S/C23H27N3O4/c1-15(2)19-11-6-7-12-20(19)29-16(3)23(27)26(4)14-21-24-22(25-30-21)17-9-8-10-18(13-17)28-5/h6-13,15-16H,14H2,1-5H3/t16-/m1/s1. The van der Waals surface area contributed by atoms with Crippen molar-refractivity contribution in [3.05, 3.63) is 60.0 Å². The van der Waals surface area contributed by atoms with Crippen molar-refractivity contribution in [2.45, 2.75) is 39.3 Å². The van der Waals surface area contributed by atoms with Gasteiger partial charge in [-0.3, -0.25) is 4.79 Å². The van der Waals surface area contributed by atoms with Gasteiger partial charge in [-0.2, -0.15) is 4.98 Å². The highest BCUT2D eigenvalue weighted by Gasteiger charge is 2.22. The average molecular weight is 409 g/mol. The van der Waals surface area contributed by atoms with Crippen LogP contribution in [0.3, 0.4) is 0 Å². The van der Waals surface area contributed by atoms with Crippen LogP contribution in [0, 0.1) is 0 Å². The first-order valence-corrected chi connectivity index (χ1v) is 9.86. The molecule has 3 aromatic rings. The molecule has 0 saturated carbocycles. The van der Waals surface area contributed by atoms with Gasteiger partial charge >= 0.3 is 0 Å². The Bertz CT molecular complexity index is 999. The molecule has 0 fully saturated rings. The molecular formula is C23H27N3O4. The number of para-hydroxylation sites is 1. The number of ether oxygens (including phenoxy) is 2. The molecule has 1 atom stereocenters. The summed E-state index contributed by atoms with van der Waals surface area (Å²) in [4.78, 5) is 18.7. The second kappa shape index (κ2) is 9.43. The summed E-state index contributed by atoms with van der Waals surface area (Å²) in [5.41, 5.74) is 1.85. The molecule has 0 bridgehead atoms. The van der Waals surface area contributed by atoms with Gasteiger partial charge in [0, 0.05) is 12.6 Å². The average Bonchev–Trinajstić information content (AvgIpc) is 3.21. The Morgan fingerprint density at radius 1 is 1.13 bits per heavy atom. The zero-order valence-corrected chi connectivity index (χ0v) is 18.0. The highest BCUT2D eigenvalue weighted by Crippen LogP contribution is 2.27. The molecule has 30 heavy (non-hydrogen) atoms. The minimum Gasteiger partial charge on any atom is -0.497 e. The molecule has 0 spiro atoms. The van der Waals surface area contributed by atoms with E-state index in [9.17, 15) is 4.79 Å². The summed E-state index contributed by atoms with van der Waals surface area (Å²) in [6.45, 7) is 6.12. The number of methoxy groups -OCH3 is 1. The number of carbonyl (C=O) groups excluding carboxylic acids is 1. The van der Waals surface area contributed by atoms with E-state index in [0.29, 0.717) is 23.4 Å². The number of hydrogen-bond donors (Lipinski definition) is 0. The Morgan fingerprint density at radius 2 is 1.90 bits per heavy atom. The zero-order valence-electron chi connectivity index (χ0n) is 18.0. The smallest absolute Gasteiger partial charge is 0.263 e. The molecule has 7 nitrogen and oxygen atoms in total. The van der Waals surface area contributed by atoms with Crippen molar-refractivity contribution in [1.29, 1.82) is 0 Å². The maximum atomic E-state index is 12.8. The van der Waals surface area contributed by atoms with E-state index in [1.54, 1.807) is 21.1 Å². The predicted molar refractivity (Wildman–Crippen MR) is 113 cm³/mol. The fourth-order valence-corrected chi connectivity index (χ4v) is 3.10. The van der Waals surface area contributed by atoms with E-state index >= 15 is 0 Å². The van der Waals surface area contributed by atoms with Crippen molar-refractivity contribution in [2.75, 3.05) is 14.2 Å². The highest BCUT2D eigenvalue weighted by atomic mass is 16.5. The Balaban J connectivity index is 1.65. The van der Waals surface area contributed by atoms with Gasteiger partial charge in [-0.15, -0.1) is 0 Å². The molecule has 0 aliphatic carbocycles. The van der Waals surface area contributed by atoms with E-state index in [4.69, 9.17) is 14.0 Å². The topological polar surface area (TPSA) is 77.7 Å². The molecule has 7 heteroatoms. The van der Waals surface area contributed by atoms with Crippen LogP contribution in [0.2, 0.25) is 0 Å². The summed E-state index contributed by atoms with van der Waals surface area (Å²) in [6, 6.07) is 15.2. The van der Waals surface area contributed by atoms with E-state index in [1.165, 1.54) is 4.90 Å². The molecule has 2 aromatic carbocycles. The largest absolute Gasteiger partial charge is 0.497 e. The molecule has 0 radical (unpaired) electrons. The summed E-state index contributed by atoms with van der Waals surface area (Å²) < 4.78 is 16.5. The van der Waals surface area contributed by atoms with Gasteiger partial charge in [-0.05, 0) is 36.6 Å². The fourth-order valence-electron chi connectivity index (χ4n) is 3.10. The van der Waals surface area contributed by atoms with Crippen LogP contribution in [0.5, 0.6) is 11.5 Å². The van der Waals surface area contributed by atoms with Crippen LogP contribution in [0.25, 0.3) is 11.4 Å². The first-order chi connectivity index (χ1) is 14.4. The van der Waals surface area contributed by atoms with Gasteiger partial charge < -0.3 is 18.9 Å². The van der Waals surface area contributed by atoms with Gasteiger partial charge in [0.05, 0.1) is 13.7 Å². The molecule has 158 valence electrons. The van der Waals surface area contributed by atoms with E-state index in [0.717, 1.165) is 16.9 Å². The Morgan fingerprint density at radius 3 is 2.63 bits per heavy atom. The maximum Gasteiger partial charge on any atom is 0.263 e. The number of aromatic nitrogens is 2. The number of rotatable bonds is 8. The lowest BCUT2D eigenvalue weighted by molar-refractivity contribution is -0.137.